The molecule has 0 unspecified atom stereocenters. The lowest BCUT2D eigenvalue weighted by atomic mass is 10.3. The third-order valence-corrected chi connectivity index (χ3v) is 2.35. The highest BCUT2D eigenvalue weighted by atomic mass is 35.5. The van der Waals surface area contributed by atoms with Gasteiger partial charge in [-0.05, 0) is 24.3 Å². The van der Waals surface area contributed by atoms with E-state index >= 15 is 0 Å². The molecule has 0 saturated heterocycles. The monoisotopic (exact) mass is 266 g/mol. The van der Waals surface area contributed by atoms with E-state index in [4.69, 9.17) is 22.1 Å². The number of rotatable bonds is 5. The second kappa shape index (κ2) is 5.50. The van der Waals surface area contributed by atoms with Crippen LogP contribution in [-0.2, 0) is 17.8 Å². The molecule has 2 aromatic rings. The summed E-state index contributed by atoms with van der Waals surface area (Å²) in [5.74, 6) is 1.09. The molecule has 1 aromatic carbocycles. The van der Waals surface area contributed by atoms with Crippen LogP contribution >= 0.6 is 11.6 Å². The fraction of sp³-hybridized carbons (Fsp3) is 0.182. The number of carbonyl (C=O) groups is 1. The van der Waals surface area contributed by atoms with Crippen molar-refractivity contribution < 1.29 is 9.53 Å². The van der Waals surface area contributed by atoms with E-state index in [9.17, 15) is 4.79 Å². The summed E-state index contributed by atoms with van der Waals surface area (Å²) in [6, 6.07) is 6.97. The number of nitrogens with zero attached hydrogens (tertiary/aromatic N) is 2. The summed E-state index contributed by atoms with van der Waals surface area (Å²) < 4.78 is 5.46. The summed E-state index contributed by atoms with van der Waals surface area (Å²) in [5.41, 5.74) is 5.04. The van der Waals surface area contributed by atoms with Crippen molar-refractivity contribution in [3.8, 4) is 5.75 Å². The van der Waals surface area contributed by atoms with Crippen molar-refractivity contribution in [2.24, 2.45) is 5.73 Å². The summed E-state index contributed by atoms with van der Waals surface area (Å²) in [7, 11) is 0. The van der Waals surface area contributed by atoms with Gasteiger partial charge in [-0.2, -0.15) is 5.10 Å². The van der Waals surface area contributed by atoms with E-state index in [2.05, 4.69) is 15.2 Å². The van der Waals surface area contributed by atoms with Gasteiger partial charge in [-0.3, -0.25) is 9.89 Å². The molecule has 18 heavy (non-hydrogen) atoms. The first-order chi connectivity index (χ1) is 8.63. The van der Waals surface area contributed by atoms with Crippen LogP contribution < -0.4 is 10.5 Å². The van der Waals surface area contributed by atoms with Crippen molar-refractivity contribution in [2.45, 2.75) is 13.0 Å². The average Bonchev–Trinajstić information content (AvgIpc) is 2.75. The topological polar surface area (TPSA) is 93.9 Å². The number of amides is 1. The molecular weight excluding hydrogens is 256 g/mol. The van der Waals surface area contributed by atoms with Crippen LogP contribution in [0.25, 0.3) is 0 Å². The smallest absolute Gasteiger partial charge is 0.225 e. The fourth-order valence-electron chi connectivity index (χ4n) is 1.32. The Balaban J connectivity index is 1.92. The maximum Gasteiger partial charge on any atom is 0.225 e. The van der Waals surface area contributed by atoms with Gasteiger partial charge >= 0.3 is 0 Å². The molecule has 2 rings (SSSR count). The summed E-state index contributed by atoms with van der Waals surface area (Å²) in [4.78, 5) is 14.7. The van der Waals surface area contributed by atoms with Crippen molar-refractivity contribution in [1.29, 1.82) is 0 Å². The number of ether oxygens (including phenoxy) is 1. The van der Waals surface area contributed by atoms with E-state index in [0.717, 1.165) is 0 Å². The average molecular weight is 267 g/mol. The minimum absolute atomic E-state index is 0.0114. The van der Waals surface area contributed by atoms with Crippen molar-refractivity contribution in [3.05, 3.63) is 40.9 Å². The molecule has 0 fully saturated rings. The quantitative estimate of drug-likeness (QED) is 0.846. The van der Waals surface area contributed by atoms with E-state index in [0.29, 0.717) is 22.4 Å². The van der Waals surface area contributed by atoms with Crippen LogP contribution in [0.5, 0.6) is 5.75 Å². The largest absolute Gasteiger partial charge is 0.486 e. The van der Waals surface area contributed by atoms with Gasteiger partial charge in [0.05, 0.1) is 6.42 Å². The molecule has 0 aliphatic heterocycles. The number of aromatic nitrogens is 3. The Morgan fingerprint density at radius 1 is 1.39 bits per heavy atom. The first-order valence-electron chi connectivity index (χ1n) is 5.20. The molecule has 0 bridgehead atoms. The number of benzene rings is 1. The van der Waals surface area contributed by atoms with Gasteiger partial charge < -0.3 is 10.5 Å². The van der Waals surface area contributed by atoms with Crippen LogP contribution in [0.4, 0.5) is 0 Å². The van der Waals surface area contributed by atoms with Gasteiger partial charge in [-0.15, -0.1) is 0 Å². The molecule has 0 atom stereocenters. The zero-order chi connectivity index (χ0) is 13.0. The van der Waals surface area contributed by atoms with Crippen molar-refractivity contribution >= 4 is 17.5 Å². The summed E-state index contributed by atoms with van der Waals surface area (Å²) >= 11 is 5.75. The molecule has 0 saturated carbocycles. The highest BCUT2D eigenvalue weighted by molar-refractivity contribution is 6.30. The number of hydrogen-bond acceptors (Lipinski definition) is 4. The lowest BCUT2D eigenvalue weighted by Crippen LogP contribution is -2.14. The molecule has 0 aliphatic rings. The van der Waals surface area contributed by atoms with E-state index in [1.165, 1.54) is 0 Å². The lowest BCUT2D eigenvalue weighted by molar-refractivity contribution is -0.117. The normalized spacial score (nSPS) is 10.3. The first kappa shape index (κ1) is 12.4. The predicted molar refractivity (Wildman–Crippen MR) is 65.1 cm³/mol. The molecule has 0 aliphatic carbocycles. The van der Waals surface area contributed by atoms with Crippen LogP contribution in [0.1, 0.15) is 11.6 Å². The Kier molecular flexibility index (Phi) is 3.78. The summed E-state index contributed by atoms with van der Waals surface area (Å²) in [6.45, 7) is 0.230. The lowest BCUT2D eigenvalue weighted by Gasteiger charge is -2.02. The Morgan fingerprint density at radius 3 is 2.78 bits per heavy atom. The molecule has 1 heterocycles. The fourth-order valence-corrected chi connectivity index (χ4v) is 1.44. The van der Waals surface area contributed by atoms with Gasteiger partial charge in [0.1, 0.15) is 12.4 Å². The number of aromatic amines is 1. The van der Waals surface area contributed by atoms with E-state index in [1.54, 1.807) is 24.3 Å². The Bertz CT molecular complexity index is 538. The minimum atomic E-state index is -0.473. The van der Waals surface area contributed by atoms with Gasteiger partial charge in [0.25, 0.3) is 0 Å². The van der Waals surface area contributed by atoms with E-state index < -0.39 is 5.91 Å². The number of H-pyrrole nitrogens is 1. The highest BCUT2D eigenvalue weighted by Gasteiger charge is 2.06. The van der Waals surface area contributed by atoms with Crippen molar-refractivity contribution in [1.82, 2.24) is 15.2 Å². The molecule has 3 N–H and O–H groups in total. The van der Waals surface area contributed by atoms with Crippen LogP contribution in [0.3, 0.4) is 0 Å². The number of hydrogen-bond donors (Lipinski definition) is 2. The number of halogens is 1. The number of nitrogens with two attached hydrogens (primary N) is 1. The first-order valence-corrected chi connectivity index (χ1v) is 5.58. The number of nitrogens with one attached hydrogen (secondary N) is 1. The van der Waals surface area contributed by atoms with E-state index in [-0.39, 0.29) is 13.0 Å². The van der Waals surface area contributed by atoms with Gasteiger partial charge in [0.15, 0.2) is 11.6 Å². The Labute approximate surface area is 108 Å². The maximum atomic E-state index is 10.7. The van der Waals surface area contributed by atoms with Crippen LogP contribution in [0.2, 0.25) is 5.02 Å². The third-order valence-electron chi connectivity index (χ3n) is 2.10. The zero-order valence-corrected chi connectivity index (χ0v) is 10.1. The number of carbonyl (C=O) groups excluding carboxylic acids is 1. The second-order valence-corrected chi connectivity index (χ2v) is 4.02. The standard InChI is InChI=1S/C11H11ClN4O2/c12-7-1-3-8(4-2-7)18-6-11-14-10(15-16-11)5-9(13)17/h1-4H,5-6H2,(H2,13,17)(H,14,15,16). The molecule has 94 valence electrons. The van der Waals surface area contributed by atoms with Gasteiger partial charge in [-0.1, -0.05) is 11.6 Å². The molecule has 7 heteroatoms. The summed E-state index contributed by atoms with van der Waals surface area (Å²) in [6.07, 6.45) is 0.0114. The van der Waals surface area contributed by atoms with Crippen molar-refractivity contribution in [3.63, 3.8) is 0 Å². The van der Waals surface area contributed by atoms with Crippen LogP contribution in [0, 0.1) is 0 Å². The highest BCUT2D eigenvalue weighted by Crippen LogP contribution is 2.16. The second-order valence-electron chi connectivity index (χ2n) is 3.58. The molecule has 1 aromatic heterocycles. The third kappa shape index (κ3) is 3.46. The zero-order valence-electron chi connectivity index (χ0n) is 9.39. The molecule has 0 radical (unpaired) electrons. The molecule has 1 amide bonds. The SMILES string of the molecule is NC(=O)Cc1n[nH]c(COc2ccc(Cl)cc2)n1. The van der Waals surface area contributed by atoms with E-state index in [1.807, 2.05) is 0 Å². The predicted octanol–water partition coefficient (Wildman–Crippen LogP) is 1.06. The van der Waals surface area contributed by atoms with Gasteiger partial charge in [0.2, 0.25) is 5.91 Å². The summed E-state index contributed by atoms with van der Waals surface area (Å²) in [5, 5.41) is 7.16. The van der Waals surface area contributed by atoms with Crippen molar-refractivity contribution in [2.75, 3.05) is 0 Å². The van der Waals surface area contributed by atoms with Gasteiger partial charge in [-0.25, -0.2) is 4.98 Å². The number of primary amides is 1. The Hall–Kier alpha value is -2.08. The molecular formula is C11H11ClN4O2. The maximum absolute atomic E-state index is 10.7. The van der Waals surface area contributed by atoms with Crippen LogP contribution in [-0.4, -0.2) is 21.1 Å². The van der Waals surface area contributed by atoms with Crippen LogP contribution in [0.15, 0.2) is 24.3 Å². The minimum Gasteiger partial charge on any atom is -0.486 e. The molecule has 6 nitrogen and oxygen atoms in total. The molecule has 0 spiro atoms. The Morgan fingerprint density at radius 2 is 2.11 bits per heavy atom. The van der Waals surface area contributed by atoms with Gasteiger partial charge in [0, 0.05) is 5.02 Å².